The minimum absolute atomic E-state index is 0.459. The number of halogens is 1. The van der Waals surface area contributed by atoms with Crippen LogP contribution in [0.5, 0.6) is 0 Å². The van der Waals surface area contributed by atoms with Crippen molar-refractivity contribution in [3.63, 3.8) is 0 Å². The number of nitrogens with zero attached hydrogens (tertiary/aromatic N) is 3. The van der Waals surface area contributed by atoms with Crippen molar-refractivity contribution in [1.82, 2.24) is 20.1 Å². The topological polar surface area (TPSA) is 42.7 Å². The molecule has 2 aromatic heterocycles. The molecule has 0 bridgehead atoms. The van der Waals surface area contributed by atoms with E-state index in [9.17, 15) is 0 Å². The van der Waals surface area contributed by atoms with Crippen LogP contribution in [0.4, 0.5) is 0 Å². The zero-order valence-electron chi connectivity index (χ0n) is 11.5. The zero-order chi connectivity index (χ0) is 13.8. The van der Waals surface area contributed by atoms with Gasteiger partial charge in [-0.3, -0.25) is 0 Å². The average Bonchev–Trinajstić information content (AvgIpc) is 2.82. The van der Waals surface area contributed by atoms with E-state index in [-0.39, 0.29) is 0 Å². The van der Waals surface area contributed by atoms with Gasteiger partial charge in [0.15, 0.2) is 5.82 Å². The molecule has 1 N–H and O–H groups in total. The fraction of sp³-hybridized carbons (Fsp3) is 0.429. The molecule has 0 aliphatic rings. The van der Waals surface area contributed by atoms with Crippen LogP contribution in [0.2, 0.25) is 5.02 Å². The highest BCUT2D eigenvalue weighted by molar-refractivity contribution is 6.30. The van der Waals surface area contributed by atoms with E-state index in [1.807, 2.05) is 6.07 Å². The van der Waals surface area contributed by atoms with Gasteiger partial charge in [-0.2, -0.15) is 5.10 Å². The third-order valence-electron chi connectivity index (χ3n) is 2.79. The Hall–Kier alpha value is -1.39. The van der Waals surface area contributed by atoms with Crippen LogP contribution >= 0.6 is 11.6 Å². The summed E-state index contributed by atoms with van der Waals surface area (Å²) in [6, 6.07) is 4.63. The molecule has 0 unspecified atom stereocenters. The molecule has 0 aliphatic carbocycles. The van der Waals surface area contributed by atoms with Crippen LogP contribution in [0.25, 0.3) is 5.82 Å². The quantitative estimate of drug-likeness (QED) is 0.914. The summed E-state index contributed by atoms with van der Waals surface area (Å²) in [4.78, 5) is 4.58. The number of hydrogen-bond acceptors (Lipinski definition) is 3. The maximum Gasteiger partial charge on any atom is 0.153 e. The highest BCUT2D eigenvalue weighted by atomic mass is 35.5. The Morgan fingerprint density at radius 1 is 1.37 bits per heavy atom. The average molecular weight is 279 g/mol. The molecule has 0 fully saturated rings. The number of aryl methyl sites for hydroxylation is 1. The van der Waals surface area contributed by atoms with Gasteiger partial charge in [-0.25, -0.2) is 9.67 Å². The Morgan fingerprint density at radius 3 is 2.74 bits per heavy atom. The molecule has 0 spiro atoms. The summed E-state index contributed by atoms with van der Waals surface area (Å²) < 4.78 is 1.71. The van der Waals surface area contributed by atoms with E-state index in [2.05, 4.69) is 42.2 Å². The molecule has 4 nitrogen and oxygen atoms in total. The van der Waals surface area contributed by atoms with Gasteiger partial charge < -0.3 is 5.32 Å². The molecule has 0 atom stereocenters. The van der Waals surface area contributed by atoms with Gasteiger partial charge in [0.05, 0.1) is 17.4 Å². The van der Waals surface area contributed by atoms with Crippen LogP contribution in [0.15, 0.2) is 24.5 Å². The van der Waals surface area contributed by atoms with E-state index in [4.69, 9.17) is 11.6 Å². The second-order valence-electron chi connectivity index (χ2n) is 4.82. The van der Waals surface area contributed by atoms with Gasteiger partial charge in [0, 0.05) is 18.3 Å². The second kappa shape index (κ2) is 6.17. The Morgan fingerprint density at radius 2 is 2.16 bits per heavy atom. The van der Waals surface area contributed by atoms with E-state index < -0.39 is 0 Å². The SMILES string of the molecule is CCc1cc(CNC(C)C)cc(-n2cc(Cl)cn2)n1. The van der Waals surface area contributed by atoms with Crippen LogP contribution in [-0.2, 0) is 13.0 Å². The van der Waals surface area contributed by atoms with Crippen LogP contribution in [0, 0.1) is 0 Å². The predicted molar refractivity (Wildman–Crippen MR) is 77.7 cm³/mol. The number of aromatic nitrogens is 3. The first-order chi connectivity index (χ1) is 9.08. The number of nitrogens with one attached hydrogen (secondary N) is 1. The first-order valence-electron chi connectivity index (χ1n) is 6.52. The van der Waals surface area contributed by atoms with Crippen LogP contribution in [-0.4, -0.2) is 20.8 Å². The molecule has 19 heavy (non-hydrogen) atoms. The van der Waals surface area contributed by atoms with Gasteiger partial charge in [-0.1, -0.05) is 32.4 Å². The standard InChI is InChI=1S/C14H19ClN4/c1-4-13-5-11(7-16-10(2)3)6-14(18-13)19-9-12(15)8-17-19/h5-6,8-10,16H,4,7H2,1-3H3. The summed E-state index contributed by atoms with van der Waals surface area (Å²) in [6.45, 7) is 7.20. The normalized spacial score (nSPS) is 11.2. The molecule has 0 saturated carbocycles. The van der Waals surface area contributed by atoms with Gasteiger partial charge in [0.25, 0.3) is 0 Å². The minimum atomic E-state index is 0.459. The fourth-order valence-electron chi connectivity index (χ4n) is 1.78. The lowest BCUT2D eigenvalue weighted by Gasteiger charge is -2.11. The summed E-state index contributed by atoms with van der Waals surface area (Å²) >= 11 is 5.90. The lowest BCUT2D eigenvalue weighted by molar-refractivity contribution is 0.587. The Bertz CT molecular complexity index is 548. The largest absolute Gasteiger partial charge is 0.310 e. The molecule has 0 aliphatic heterocycles. The maximum atomic E-state index is 5.90. The van der Waals surface area contributed by atoms with Crippen molar-refractivity contribution in [3.8, 4) is 5.82 Å². The lowest BCUT2D eigenvalue weighted by Crippen LogP contribution is -2.22. The first kappa shape index (κ1) is 14.0. The van der Waals surface area contributed by atoms with Crippen molar-refractivity contribution < 1.29 is 0 Å². The molecule has 0 aromatic carbocycles. The highest BCUT2D eigenvalue weighted by Gasteiger charge is 2.06. The molecule has 102 valence electrons. The van der Waals surface area contributed by atoms with E-state index >= 15 is 0 Å². The molecule has 2 heterocycles. The van der Waals surface area contributed by atoms with Gasteiger partial charge in [0.1, 0.15) is 0 Å². The summed E-state index contributed by atoms with van der Waals surface area (Å²) in [6.07, 6.45) is 4.29. The fourth-order valence-corrected chi connectivity index (χ4v) is 1.92. The van der Waals surface area contributed by atoms with E-state index in [1.54, 1.807) is 17.1 Å². The first-order valence-corrected chi connectivity index (χ1v) is 6.90. The number of rotatable bonds is 5. The molecular weight excluding hydrogens is 260 g/mol. The van der Waals surface area contributed by atoms with Gasteiger partial charge in [-0.15, -0.1) is 0 Å². The summed E-state index contributed by atoms with van der Waals surface area (Å²) in [5.41, 5.74) is 2.27. The van der Waals surface area contributed by atoms with Crippen molar-refractivity contribution in [2.75, 3.05) is 0 Å². The Kier molecular flexibility index (Phi) is 4.56. The van der Waals surface area contributed by atoms with Gasteiger partial charge in [0.2, 0.25) is 0 Å². The van der Waals surface area contributed by atoms with Crippen molar-refractivity contribution >= 4 is 11.6 Å². The number of pyridine rings is 1. The van der Waals surface area contributed by atoms with Gasteiger partial charge >= 0.3 is 0 Å². The third-order valence-corrected chi connectivity index (χ3v) is 2.98. The van der Waals surface area contributed by atoms with E-state index in [0.717, 1.165) is 24.5 Å². The molecule has 2 rings (SSSR count). The molecule has 0 saturated heterocycles. The Balaban J connectivity index is 2.30. The second-order valence-corrected chi connectivity index (χ2v) is 5.25. The smallest absolute Gasteiger partial charge is 0.153 e. The van der Waals surface area contributed by atoms with Crippen molar-refractivity contribution in [2.24, 2.45) is 0 Å². The maximum absolute atomic E-state index is 5.90. The summed E-state index contributed by atoms with van der Waals surface area (Å²) in [7, 11) is 0. The molecule has 0 amide bonds. The van der Waals surface area contributed by atoms with Crippen molar-refractivity contribution in [2.45, 2.75) is 39.8 Å². The minimum Gasteiger partial charge on any atom is -0.310 e. The Labute approximate surface area is 118 Å². The predicted octanol–water partition coefficient (Wildman–Crippen LogP) is 2.98. The third kappa shape index (κ3) is 3.78. The van der Waals surface area contributed by atoms with E-state index in [0.29, 0.717) is 11.1 Å². The van der Waals surface area contributed by atoms with Crippen molar-refractivity contribution in [3.05, 3.63) is 40.8 Å². The molecule has 5 heteroatoms. The molecular formula is C14H19ClN4. The highest BCUT2D eigenvalue weighted by Crippen LogP contribution is 2.13. The van der Waals surface area contributed by atoms with Crippen LogP contribution in [0.3, 0.4) is 0 Å². The summed E-state index contributed by atoms with van der Waals surface area (Å²) in [5.74, 6) is 0.812. The lowest BCUT2D eigenvalue weighted by atomic mass is 10.2. The summed E-state index contributed by atoms with van der Waals surface area (Å²) in [5, 5.41) is 8.23. The number of hydrogen-bond donors (Lipinski definition) is 1. The van der Waals surface area contributed by atoms with Crippen LogP contribution < -0.4 is 5.32 Å². The van der Waals surface area contributed by atoms with Crippen molar-refractivity contribution in [1.29, 1.82) is 0 Å². The zero-order valence-corrected chi connectivity index (χ0v) is 12.3. The molecule has 2 aromatic rings. The van der Waals surface area contributed by atoms with E-state index in [1.165, 1.54) is 5.56 Å². The van der Waals surface area contributed by atoms with Gasteiger partial charge in [-0.05, 0) is 24.1 Å². The molecule has 0 radical (unpaired) electrons. The van der Waals surface area contributed by atoms with Crippen LogP contribution in [0.1, 0.15) is 32.0 Å². The monoisotopic (exact) mass is 278 g/mol.